The SMILES string of the molecule is OC(Cc1ccc(Cl)s1)c1cnc2ccccc2n1. The summed E-state index contributed by atoms with van der Waals surface area (Å²) >= 11 is 7.35. The van der Waals surface area contributed by atoms with Crippen LogP contribution in [0.5, 0.6) is 0 Å². The Balaban J connectivity index is 1.86. The maximum Gasteiger partial charge on any atom is 0.102 e. The Morgan fingerprint density at radius 1 is 1.16 bits per heavy atom. The third-order valence-corrected chi connectivity index (χ3v) is 4.09. The van der Waals surface area contributed by atoms with Crippen LogP contribution < -0.4 is 0 Å². The van der Waals surface area contributed by atoms with Crippen LogP contribution in [0.15, 0.2) is 42.6 Å². The van der Waals surface area contributed by atoms with Gasteiger partial charge in [-0.05, 0) is 24.3 Å². The Bertz CT molecular complexity index is 713. The van der Waals surface area contributed by atoms with Crippen LogP contribution in [0.1, 0.15) is 16.7 Å². The Hall–Kier alpha value is -1.49. The first-order valence-corrected chi connectivity index (χ1v) is 7.06. The molecule has 3 nitrogen and oxygen atoms in total. The van der Waals surface area contributed by atoms with Crippen LogP contribution in [0, 0.1) is 0 Å². The number of rotatable bonds is 3. The van der Waals surface area contributed by atoms with Crippen LogP contribution in [0.25, 0.3) is 11.0 Å². The van der Waals surface area contributed by atoms with E-state index in [1.807, 2.05) is 36.4 Å². The van der Waals surface area contributed by atoms with Gasteiger partial charge in [-0.3, -0.25) is 4.98 Å². The van der Waals surface area contributed by atoms with Crippen molar-refractivity contribution < 1.29 is 5.11 Å². The smallest absolute Gasteiger partial charge is 0.102 e. The molecule has 0 amide bonds. The molecule has 96 valence electrons. The second-order valence-corrected chi connectivity index (χ2v) is 6.01. The van der Waals surface area contributed by atoms with Crippen LogP contribution >= 0.6 is 22.9 Å². The van der Waals surface area contributed by atoms with E-state index in [4.69, 9.17) is 11.6 Å². The molecule has 2 heterocycles. The molecule has 0 radical (unpaired) electrons. The van der Waals surface area contributed by atoms with Gasteiger partial charge in [0.2, 0.25) is 0 Å². The number of fused-ring (bicyclic) bond motifs is 1. The maximum atomic E-state index is 10.2. The van der Waals surface area contributed by atoms with Gasteiger partial charge in [0.15, 0.2) is 0 Å². The highest BCUT2D eigenvalue weighted by atomic mass is 35.5. The van der Waals surface area contributed by atoms with Gasteiger partial charge in [0.05, 0.1) is 27.3 Å². The lowest BCUT2D eigenvalue weighted by Crippen LogP contribution is -2.04. The van der Waals surface area contributed by atoms with Crippen molar-refractivity contribution in [2.75, 3.05) is 0 Å². The van der Waals surface area contributed by atoms with Crippen LogP contribution in [-0.2, 0) is 6.42 Å². The fraction of sp³-hybridized carbons (Fsp3) is 0.143. The summed E-state index contributed by atoms with van der Waals surface area (Å²) in [5, 5.41) is 10.2. The predicted molar refractivity (Wildman–Crippen MR) is 77.5 cm³/mol. The van der Waals surface area contributed by atoms with Crippen molar-refractivity contribution in [1.82, 2.24) is 9.97 Å². The molecule has 0 aliphatic heterocycles. The first-order chi connectivity index (χ1) is 9.22. The minimum Gasteiger partial charge on any atom is -0.386 e. The average molecular weight is 291 g/mol. The van der Waals surface area contributed by atoms with E-state index in [2.05, 4.69) is 9.97 Å². The number of aliphatic hydroxyl groups excluding tert-OH is 1. The predicted octanol–water partition coefficient (Wildman–Crippen LogP) is 3.62. The van der Waals surface area contributed by atoms with Gasteiger partial charge in [0.25, 0.3) is 0 Å². The molecule has 0 aliphatic carbocycles. The highest BCUT2D eigenvalue weighted by Crippen LogP contribution is 2.26. The molecular weight excluding hydrogens is 280 g/mol. The van der Waals surface area contributed by atoms with E-state index in [0.717, 1.165) is 20.2 Å². The maximum absolute atomic E-state index is 10.2. The molecule has 1 unspecified atom stereocenters. The quantitative estimate of drug-likeness (QED) is 0.801. The molecule has 0 fully saturated rings. The van der Waals surface area contributed by atoms with Crippen molar-refractivity contribution in [3.8, 4) is 0 Å². The molecule has 0 saturated heterocycles. The van der Waals surface area contributed by atoms with Gasteiger partial charge in [-0.2, -0.15) is 0 Å². The van der Waals surface area contributed by atoms with Gasteiger partial charge in [-0.15, -0.1) is 11.3 Å². The summed E-state index contributed by atoms with van der Waals surface area (Å²) in [6.45, 7) is 0. The first kappa shape index (κ1) is 12.5. The van der Waals surface area contributed by atoms with E-state index in [1.165, 1.54) is 11.3 Å². The van der Waals surface area contributed by atoms with Crippen molar-refractivity contribution in [2.24, 2.45) is 0 Å². The van der Waals surface area contributed by atoms with E-state index in [0.29, 0.717) is 12.1 Å². The number of benzene rings is 1. The molecule has 19 heavy (non-hydrogen) atoms. The standard InChI is InChI=1S/C14H11ClN2OS/c15-14-6-5-9(19-14)7-13(18)12-8-16-10-3-1-2-4-11(10)17-12/h1-6,8,13,18H,7H2. The van der Waals surface area contributed by atoms with Crippen molar-refractivity contribution in [3.63, 3.8) is 0 Å². The molecule has 1 aromatic carbocycles. The monoisotopic (exact) mass is 290 g/mol. The molecular formula is C14H11ClN2OS. The van der Waals surface area contributed by atoms with E-state index in [9.17, 15) is 5.11 Å². The molecule has 0 aliphatic rings. The number of nitrogens with zero attached hydrogens (tertiary/aromatic N) is 2. The Labute approximate surface area is 119 Å². The number of aliphatic hydroxyl groups is 1. The highest BCUT2D eigenvalue weighted by molar-refractivity contribution is 7.16. The van der Waals surface area contributed by atoms with Crippen LogP contribution in [0.3, 0.4) is 0 Å². The van der Waals surface area contributed by atoms with Gasteiger partial charge in [-0.25, -0.2) is 4.98 Å². The topological polar surface area (TPSA) is 46.0 Å². The van der Waals surface area contributed by atoms with Gasteiger partial charge in [0.1, 0.15) is 6.10 Å². The molecule has 3 rings (SSSR count). The Morgan fingerprint density at radius 3 is 2.68 bits per heavy atom. The lowest BCUT2D eigenvalue weighted by atomic mass is 10.1. The van der Waals surface area contributed by atoms with Crippen molar-refractivity contribution in [3.05, 3.63) is 57.5 Å². The van der Waals surface area contributed by atoms with Crippen molar-refractivity contribution in [2.45, 2.75) is 12.5 Å². The lowest BCUT2D eigenvalue weighted by molar-refractivity contribution is 0.174. The van der Waals surface area contributed by atoms with E-state index >= 15 is 0 Å². The summed E-state index contributed by atoms with van der Waals surface area (Å²) in [5.41, 5.74) is 2.21. The van der Waals surface area contributed by atoms with Gasteiger partial charge >= 0.3 is 0 Å². The van der Waals surface area contributed by atoms with E-state index in [1.54, 1.807) is 6.20 Å². The van der Waals surface area contributed by atoms with E-state index in [-0.39, 0.29) is 0 Å². The molecule has 1 N–H and O–H groups in total. The number of halogens is 1. The average Bonchev–Trinajstić information content (AvgIpc) is 2.83. The molecule has 0 saturated carbocycles. The molecule has 5 heteroatoms. The Morgan fingerprint density at radius 2 is 1.95 bits per heavy atom. The third kappa shape index (κ3) is 2.76. The number of aromatic nitrogens is 2. The minimum atomic E-state index is -0.660. The zero-order chi connectivity index (χ0) is 13.2. The molecule has 0 bridgehead atoms. The van der Waals surface area contributed by atoms with Gasteiger partial charge in [-0.1, -0.05) is 23.7 Å². The number of hydrogen-bond donors (Lipinski definition) is 1. The summed E-state index contributed by atoms with van der Waals surface area (Å²) in [6, 6.07) is 11.4. The van der Waals surface area contributed by atoms with Crippen LogP contribution in [-0.4, -0.2) is 15.1 Å². The number of para-hydroxylation sites is 2. The zero-order valence-electron chi connectivity index (χ0n) is 9.95. The molecule has 1 atom stereocenters. The first-order valence-electron chi connectivity index (χ1n) is 5.86. The normalized spacial score (nSPS) is 12.7. The third-order valence-electron chi connectivity index (χ3n) is 2.83. The fourth-order valence-corrected chi connectivity index (χ4v) is 3.01. The number of hydrogen-bond acceptors (Lipinski definition) is 4. The summed E-state index contributed by atoms with van der Waals surface area (Å²) in [6.07, 6.45) is 1.47. The summed E-state index contributed by atoms with van der Waals surface area (Å²) in [7, 11) is 0. The van der Waals surface area contributed by atoms with Crippen LogP contribution in [0.4, 0.5) is 0 Å². The summed E-state index contributed by atoms with van der Waals surface area (Å²) < 4.78 is 0.729. The molecule has 2 aromatic heterocycles. The second-order valence-electron chi connectivity index (χ2n) is 4.21. The fourth-order valence-electron chi connectivity index (χ4n) is 1.89. The second kappa shape index (κ2) is 5.25. The van der Waals surface area contributed by atoms with E-state index < -0.39 is 6.10 Å². The van der Waals surface area contributed by atoms with Gasteiger partial charge in [0, 0.05) is 11.3 Å². The highest BCUT2D eigenvalue weighted by Gasteiger charge is 2.12. The van der Waals surface area contributed by atoms with Gasteiger partial charge < -0.3 is 5.11 Å². The zero-order valence-corrected chi connectivity index (χ0v) is 11.5. The van der Waals surface area contributed by atoms with Crippen molar-refractivity contribution >= 4 is 34.0 Å². The van der Waals surface area contributed by atoms with Crippen LogP contribution in [0.2, 0.25) is 4.34 Å². The van der Waals surface area contributed by atoms with Crippen molar-refractivity contribution in [1.29, 1.82) is 0 Å². The molecule has 3 aromatic rings. The summed E-state index contributed by atoms with van der Waals surface area (Å²) in [5.74, 6) is 0. The summed E-state index contributed by atoms with van der Waals surface area (Å²) in [4.78, 5) is 9.78. The Kier molecular flexibility index (Phi) is 3.46. The lowest BCUT2D eigenvalue weighted by Gasteiger charge is -2.09. The molecule has 0 spiro atoms. The number of thiophene rings is 1. The minimum absolute atomic E-state index is 0.504. The largest absolute Gasteiger partial charge is 0.386 e.